The van der Waals surface area contributed by atoms with Crippen LogP contribution in [0, 0.1) is 0 Å². The Kier molecular flexibility index (Phi) is 25.6. The van der Waals surface area contributed by atoms with Gasteiger partial charge >= 0.3 is 0 Å². The standard InChI is InChI=1S/C42H37N.C40H35N.C34H31N.C30H29N/c1-41(2)38-25-15-13-23-35(38)36-28-27-32(29-39(36)42(41,3)4)43(31-19-9-6-10-20-31)40-26-16-14-24-37(40)34-22-12-11-21-33(34)30-17-7-5-8-18-30;1-39(2)37-20-11-10-19-35(37)36-24-23-34(27-38(36)40(39,3)4)41(33-22-21-29-15-8-9-16-30(29)26-33)32-18-12-17-31(25-32)28-13-6-5-7-14-28;1-33(2)31-17-11-10-16-29(31)30-21-20-28(23-32(30)34(33,3)4)35(26-14-6-5-7-15-26)27-19-18-24-12-8-9-13-25(24)22-27;1-29(2)27-18-12-11-17-25(27)26-20-19-24(21-28(26)30(29,3)4)31(22-13-7-5-8-14-22)23-15-9-6-10-16-23/h5-29H,1-4H3;5-27H,1-4H3;5-23H,1-4H3;5-21H,1-4H3. The molecule has 0 N–H and O–H groups in total. The quantitative estimate of drug-likeness (QED) is 0.101. The van der Waals surface area contributed by atoms with Crippen molar-refractivity contribution in [2.24, 2.45) is 0 Å². The third-order valence-corrected chi connectivity index (χ3v) is 35.2. The highest BCUT2D eigenvalue weighted by molar-refractivity contribution is 5.98. The zero-order valence-electron chi connectivity index (χ0n) is 89.3. The second-order valence-electron chi connectivity index (χ2n) is 45.2. The maximum atomic E-state index is 2.44. The highest BCUT2D eigenvalue weighted by atomic mass is 15.2. The summed E-state index contributed by atoms with van der Waals surface area (Å²) in [7, 11) is 0. The van der Waals surface area contributed by atoms with Crippen LogP contribution in [-0.2, 0) is 43.3 Å². The number of hydrogen-bond donors (Lipinski definition) is 0. The summed E-state index contributed by atoms with van der Waals surface area (Å²) in [6.07, 6.45) is 0. The summed E-state index contributed by atoms with van der Waals surface area (Å²) in [4.78, 5) is 9.59. The molecule has 4 aliphatic rings. The number of hydrogen-bond acceptors (Lipinski definition) is 4. The molecule has 0 saturated carbocycles. The van der Waals surface area contributed by atoms with Crippen molar-refractivity contribution in [2.45, 2.75) is 154 Å². The summed E-state index contributed by atoms with van der Waals surface area (Å²) in [6.45, 7) is 38.3. The molecule has 0 aromatic heterocycles. The van der Waals surface area contributed by atoms with Gasteiger partial charge in [-0.3, -0.25) is 0 Å². The van der Waals surface area contributed by atoms with E-state index in [1.807, 2.05) is 0 Å². The third kappa shape index (κ3) is 17.3. The minimum atomic E-state index is -0.0749. The molecule has 21 aromatic rings. The van der Waals surface area contributed by atoms with E-state index in [9.17, 15) is 0 Å². The van der Waals surface area contributed by atoms with Crippen molar-refractivity contribution in [3.63, 3.8) is 0 Å². The van der Waals surface area contributed by atoms with Crippen molar-refractivity contribution >= 4 is 89.8 Å². The summed E-state index contributed by atoms with van der Waals surface area (Å²) in [5, 5.41) is 5.00. The maximum absolute atomic E-state index is 2.44. The monoisotopic (exact) mass is 1940 g/mol. The Bertz CT molecular complexity index is 8520. The highest BCUT2D eigenvalue weighted by Crippen LogP contribution is 2.61. The van der Waals surface area contributed by atoms with Gasteiger partial charge in [-0.05, 0) is 321 Å². The van der Waals surface area contributed by atoms with Gasteiger partial charge in [0.05, 0.1) is 5.69 Å². The fourth-order valence-corrected chi connectivity index (χ4v) is 24.1. The average Bonchev–Trinajstić information content (AvgIpc) is 0.721. The molecular weight excluding hydrogens is 1810 g/mol. The molecule has 0 atom stereocenters. The van der Waals surface area contributed by atoms with E-state index in [1.165, 1.54) is 178 Å². The summed E-state index contributed by atoms with van der Waals surface area (Å²) in [6, 6.07) is 185. The molecule has 736 valence electrons. The van der Waals surface area contributed by atoms with Crippen molar-refractivity contribution in [1.29, 1.82) is 0 Å². The van der Waals surface area contributed by atoms with Gasteiger partial charge in [0.1, 0.15) is 0 Å². The number of benzene rings is 21. The molecule has 150 heavy (non-hydrogen) atoms. The van der Waals surface area contributed by atoms with Crippen LogP contribution in [0.15, 0.2) is 510 Å². The molecule has 0 saturated heterocycles. The van der Waals surface area contributed by atoms with E-state index in [4.69, 9.17) is 0 Å². The molecule has 4 heteroatoms. The summed E-state index contributed by atoms with van der Waals surface area (Å²) < 4.78 is 0. The number of anilines is 12. The molecule has 0 bridgehead atoms. The lowest BCUT2D eigenvalue weighted by molar-refractivity contribution is 0.299. The topological polar surface area (TPSA) is 13.0 Å². The molecule has 0 unspecified atom stereocenters. The van der Waals surface area contributed by atoms with Crippen LogP contribution < -0.4 is 19.6 Å². The van der Waals surface area contributed by atoms with Gasteiger partial charge in [-0.2, -0.15) is 0 Å². The van der Waals surface area contributed by atoms with Crippen molar-refractivity contribution in [3.05, 3.63) is 554 Å². The Morgan fingerprint density at radius 2 is 0.327 bits per heavy atom. The van der Waals surface area contributed by atoms with Crippen LogP contribution in [0.2, 0.25) is 0 Å². The Hall–Kier alpha value is -16.7. The number of fused-ring (bicyclic) bond motifs is 14. The fourth-order valence-electron chi connectivity index (χ4n) is 24.1. The van der Waals surface area contributed by atoms with Crippen LogP contribution >= 0.6 is 0 Å². The lowest BCUT2D eigenvalue weighted by Crippen LogP contribution is -2.43. The van der Waals surface area contributed by atoms with Gasteiger partial charge in [-0.15, -0.1) is 0 Å². The van der Waals surface area contributed by atoms with E-state index in [1.54, 1.807) is 0 Å². The lowest BCUT2D eigenvalue weighted by Gasteiger charge is -2.48. The van der Waals surface area contributed by atoms with E-state index in [0.29, 0.717) is 0 Å². The molecule has 0 radical (unpaired) electrons. The zero-order chi connectivity index (χ0) is 104. The third-order valence-electron chi connectivity index (χ3n) is 35.2. The van der Waals surface area contributed by atoms with Crippen molar-refractivity contribution in [2.75, 3.05) is 19.6 Å². The molecule has 4 nitrogen and oxygen atoms in total. The SMILES string of the molecule is CC1(C)c2ccccc2-c2ccc(N(c3cccc(-c4ccccc4)c3)c3ccc4ccccc4c3)cc2C1(C)C.CC1(C)c2ccccc2-c2ccc(N(c3ccccc3)c3ccc4ccccc4c3)cc2C1(C)C.CC1(C)c2ccccc2-c2ccc(N(c3ccccc3)c3ccccc3)cc2C1(C)C.CC1(C)c2ccccc2-c2ccc(N(c3ccccc3)c3ccccc3-c3ccccc3-c3ccccc3)cc2C1(C)C. The average molecular weight is 1940 g/mol. The van der Waals surface area contributed by atoms with E-state index >= 15 is 0 Å². The Morgan fingerprint density at radius 3 is 0.680 bits per heavy atom. The maximum Gasteiger partial charge on any atom is 0.0540 e. The summed E-state index contributed by atoms with van der Waals surface area (Å²) in [5.74, 6) is 0. The fraction of sp³-hybridized carbons (Fsp3) is 0.164. The first-order chi connectivity index (χ1) is 72.5. The van der Waals surface area contributed by atoms with Gasteiger partial charge in [0.2, 0.25) is 0 Å². The zero-order valence-corrected chi connectivity index (χ0v) is 89.3. The number of nitrogens with zero attached hydrogens (tertiary/aromatic N) is 4. The summed E-state index contributed by atoms with van der Waals surface area (Å²) in [5.41, 5.74) is 43.2. The Morgan fingerprint density at radius 1 is 0.113 bits per heavy atom. The highest BCUT2D eigenvalue weighted by Gasteiger charge is 2.51. The summed E-state index contributed by atoms with van der Waals surface area (Å²) >= 11 is 0. The first-order valence-corrected chi connectivity index (χ1v) is 53.3. The smallest absolute Gasteiger partial charge is 0.0540 e. The number of rotatable bonds is 15. The lowest BCUT2D eigenvalue weighted by atomic mass is 9.55. The van der Waals surface area contributed by atoms with Gasteiger partial charge < -0.3 is 19.6 Å². The Labute approximate surface area is 889 Å². The second-order valence-corrected chi connectivity index (χ2v) is 45.2. The second kappa shape index (κ2) is 39.2. The first kappa shape index (κ1) is 98.0. The molecule has 0 fully saturated rings. The van der Waals surface area contributed by atoms with Gasteiger partial charge in [-0.1, -0.05) is 481 Å². The van der Waals surface area contributed by atoms with Crippen molar-refractivity contribution in [3.8, 4) is 77.9 Å². The van der Waals surface area contributed by atoms with E-state index < -0.39 is 0 Å². The molecule has 0 amide bonds. The molecular formula is C146H132N4. The molecule has 4 aliphatic carbocycles. The van der Waals surface area contributed by atoms with Gasteiger partial charge in [0.15, 0.2) is 0 Å². The normalized spacial score (nSPS) is 15.0. The first-order valence-electron chi connectivity index (χ1n) is 53.3. The minimum absolute atomic E-state index is 0.00819. The van der Waals surface area contributed by atoms with Gasteiger partial charge in [0.25, 0.3) is 0 Å². The van der Waals surface area contributed by atoms with Crippen molar-refractivity contribution in [1.82, 2.24) is 0 Å². The van der Waals surface area contributed by atoms with Crippen LogP contribution in [0.4, 0.5) is 68.2 Å². The van der Waals surface area contributed by atoms with E-state index in [2.05, 4.69) is 640 Å². The predicted molar refractivity (Wildman–Crippen MR) is 642 cm³/mol. The molecule has 21 aromatic carbocycles. The van der Waals surface area contributed by atoms with E-state index in [-0.39, 0.29) is 43.3 Å². The molecule has 0 spiro atoms. The predicted octanol–water partition coefficient (Wildman–Crippen LogP) is 40.9. The minimum Gasteiger partial charge on any atom is -0.310 e. The van der Waals surface area contributed by atoms with Crippen LogP contribution in [0.25, 0.3) is 99.4 Å². The molecule has 0 heterocycles. The Balaban J connectivity index is 0.000000114. The van der Waals surface area contributed by atoms with Gasteiger partial charge in [-0.25, -0.2) is 0 Å². The van der Waals surface area contributed by atoms with Crippen LogP contribution in [0.5, 0.6) is 0 Å². The number of para-hydroxylation sites is 5. The van der Waals surface area contributed by atoms with Crippen molar-refractivity contribution < 1.29 is 0 Å². The van der Waals surface area contributed by atoms with Crippen LogP contribution in [0.3, 0.4) is 0 Å². The van der Waals surface area contributed by atoms with Crippen LogP contribution in [-0.4, -0.2) is 0 Å². The van der Waals surface area contributed by atoms with E-state index in [0.717, 1.165) is 34.1 Å². The molecule has 0 aliphatic heterocycles. The largest absolute Gasteiger partial charge is 0.310 e. The van der Waals surface area contributed by atoms with Gasteiger partial charge in [0, 0.05) is 68.1 Å². The van der Waals surface area contributed by atoms with Crippen LogP contribution in [0.1, 0.15) is 155 Å². The molecule has 25 rings (SSSR count).